The molecule has 86 valence electrons. The first kappa shape index (κ1) is 12.2. The largest absolute Gasteiger partial charge is 0.240 e. The number of nitrogens with zero attached hydrogens (tertiary/aromatic N) is 1. The Hall–Kier alpha value is -1.30. The third-order valence-electron chi connectivity index (χ3n) is 2.21. The van der Waals surface area contributed by atoms with Crippen molar-refractivity contribution in [1.29, 1.82) is 0 Å². The van der Waals surface area contributed by atoms with Crippen LogP contribution in [-0.4, -0.2) is 10.9 Å². The lowest BCUT2D eigenvalue weighted by atomic mass is 10.2. The highest BCUT2D eigenvalue weighted by atomic mass is 35.5. The summed E-state index contributed by atoms with van der Waals surface area (Å²) in [5.74, 6) is 6.70. The van der Waals surface area contributed by atoms with E-state index in [0.29, 0.717) is 12.3 Å². The fraction of sp³-hybridized carbons (Fsp3) is 0.214. The summed E-state index contributed by atoms with van der Waals surface area (Å²) in [5.41, 5.74) is 2.19. The molecule has 0 atom stereocenters. The van der Waals surface area contributed by atoms with Crippen molar-refractivity contribution in [3.8, 4) is 23.1 Å². The summed E-state index contributed by atoms with van der Waals surface area (Å²) in [6.45, 7) is 0. The zero-order valence-electron chi connectivity index (χ0n) is 9.32. The number of halogens is 1. The van der Waals surface area contributed by atoms with Crippen LogP contribution in [0.25, 0.3) is 11.3 Å². The SMILES string of the molecule is ClCCC#CCc1nc(-c2ccccc2)cs1. The predicted octanol–water partition coefficient (Wildman–Crippen LogP) is 3.98. The van der Waals surface area contributed by atoms with Crippen molar-refractivity contribution in [2.75, 3.05) is 5.88 Å². The first-order valence-electron chi connectivity index (χ1n) is 5.41. The molecular weight excluding hydrogens is 250 g/mol. The van der Waals surface area contributed by atoms with Crippen LogP contribution in [0.5, 0.6) is 0 Å². The molecule has 0 N–H and O–H groups in total. The summed E-state index contributed by atoms with van der Waals surface area (Å²) < 4.78 is 0. The van der Waals surface area contributed by atoms with Crippen LogP contribution >= 0.6 is 22.9 Å². The van der Waals surface area contributed by atoms with Crippen molar-refractivity contribution in [1.82, 2.24) is 4.98 Å². The summed E-state index contributed by atoms with van der Waals surface area (Å²) in [5, 5.41) is 3.14. The van der Waals surface area contributed by atoms with Gasteiger partial charge in [-0.25, -0.2) is 4.98 Å². The number of alkyl halides is 1. The van der Waals surface area contributed by atoms with Gasteiger partial charge < -0.3 is 0 Å². The zero-order valence-corrected chi connectivity index (χ0v) is 10.9. The van der Waals surface area contributed by atoms with E-state index in [-0.39, 0.29) is 0 Å². The molecule has 0 spiro atoms. The molecule has 0 radical (unpaired) electrons. The Kier molecular flexibility index (Phi) is 4.61. The minimum absolute atomic E-state index is 0.597. The molecule has 2 aromatic rings. The molecule has 2 rings (SSSR count). The molecule has 1 aromatic carbocycles. The van der Waals surface area contributed by atoms with E-state index in [4.69, 9.17) is 11.6 Å². The number of rotatable bonds is 3. The van der Waals surface area contributed by atoms with Crippen LogP contribution in [0.2, 0.25) is 0 Å². The maximum absolute atomic E-state index is 5.55. The Morgan fingerprint density at radius 2 is 2.00 bits per heavy atom. The molecule has 0 unspecified atom stereocenters. The van der Waals surface area contributed by atoms with Crippen molar-refractivity contribution >= 4 is 22.9 Å². The van der Waals surface area contributed by atoms with Crippen molar-refractivity contribution in [2.45, 2.75) is 12.8 Å². The van der Waals surface area contributed by atoms with Crippen molar-refractivity contribution in [3.63, 3.8) is 0 Å². The number of hydrogen-bond donors (Lipinski definition) is 0. The molecule has 3 heteroatoms. The monoisotopic (exact) mass is 261 g/mol. The third kappa shape index (κ3) is 3.59. The van der Waals surface area contributed by atoms with Crippen molar-refractivity contribution in [2.24, 2.45) is 0 Å². The fourth-order valence-electron chi connectivity index (χ4n) is 1.41. The molecule has 0 saturated heterocycles. The summed E-state index contributed by atoms with van der Waals surface area (Å²) in [4.78, 5) is 4.56. The van der Waals surface area contributed by atoms with E-state index in [1.807, 2.05) is 18.2 Å². The summed E-state index contributed by atoms with van der Waals surface area (Å²) in [6.07, 6.45) is 1.47. The van der Waals surface area contributed by atoms with Gasteiger partial charge in [0.15, 0.2) is 0 Å². The van der Waals surface area contributed by atoms with Gasteiger partial charge in [-0.2, -0.15) is 0 Å². The fourth-order valence-corrected chi connectivity index (χ4v) is 2.24. The molecule has 0 aliphatic rings. The molecule has 0 aliphatic heterocycles. The van der Waals surface area contributed by atoms with E-state index in [2.05, 4.69) is 34.3 Å². The van der Waals surface area contributed by atoms with Gasteiger partial charge in [-0.05, 0) is 0 Å². The predicted molar refractivity (Wildman–Crippen MR) is 74.4 cm³/mol. The molecule has 0 bridgehead atoms. The van der Waals surface area contributed by atoms with Crippen LogP contribution < -0.4 is 0 Å². The molecular formula is C14H12ClNS. The first-order valence-corrected chi connectivity index (χ1v) is 6.83. The highest BCUT2D eigenvalue weighted by Crippen LogP contribution is 2.21. The molecule has 0 fully saturated rings. The lowest BCUT2D eigenvalue weighted by molar-refractivity contribution is 1.21. The second-order valence-corrected chi connectivity index (χ2v) is 4.78. The average Bonchev–Trinajstić information content (AvgIpc) is 2.85. The van der Waals surface area contributed by atoms with Gasteiger partial charge in [0, 0.05) is 23.2 Å². The van der Waals surface area contributed by atoms with Crippen LogP contribution in [0.15, 0.2) is 35.7 Å². The second-order valence-electron chi connectivity index (χ2n) is 3.46. The van der Waals surface area contributed by atoms with Crippen molar-refractivity contribution < 1.29 is 0 Å². The first-order chi connectivity index (χ1) is 8.40. The maximum atomic E-state index is 5.55. The highest BCUT2D eigenvalue weighted by molar-refractivity contribution is 7.10. The smallest absolute Gasteiger partial charge is 0.105 e. The van der Waals surface area contributed by atoms with Crippen molar-refractivity contribution in [3.05, 3.63) is 40.7 Å². The molecule has 1 heterocycles. The van der Waals surface area contributed by atoms with E-state index in [0.717, 1.165) is 22.7 Å². The van der Waals surface area contributed by atoms with Gasteiger partial charge in [0.25, 0.3) is 0 Å². The van der Waals surface area contributed by atoms with Gasteiger partial charge >= 0.3 is 0 Å². The summed E-state index contributed by atoms with van der Waals surface area (Å²) in [7, 11) is 0. The Labute approximate surface area is 110 Å². The molecule has 0 saturated carbocycles. The topological polar surface area (TPSA) is 12.9 Å². The second kappa shape index (κ2) is 6.44. The van der Waals surface area contributed by atoms with E-state index in [9.17, 15) is 0 Å². The Morgan fingerprint density at radius 3 is 2.76 bits per heavy atom. The average molecular weight is 262 g/mol. The van der Waals surface area contributed by atoms with Gasteiger partial charge in [-0.1, -0.05) is 36.3 Å². The summed E-state index contributed by atoms with van der Waals surface area (Å²) in [6, 6.07) is 10.2. The van der Waals surface area contributed by atoms with Crippen LogP contribution in [0.4, 0.5) is 0 Å². The van der Waals surface area contributed by atoms with Crippen LogP contribution in [-0.2, 0) is 6.42 Å². The van der Waals surface area contributed by atoms with Crippen LogP contribution in [0, 0.1) is 11.8 Å². The number of thiazole rings is 1. The Balaban J connectivity index is 2.05. The van der Waals surface area contributed by atoms with Gasteiger partial charge in [-0.3, -0.25) is 0 Å². The molecule has 0 amide bonds. The molecule has 17 heavy (non-hydrogen) atoms. The number of hydrogen-bond acceptors (Lipinski definition) is 2. The van der Waals surface area contributed by atoms with E-state index < -0.39 is 0 Å². The standard InChI is InChI=1S/C14H12ClNS/c15-10-6-2-5-9-14-16-13(11-17-14)12-7-3-1-4-8-12/h1,3-4,7-8,11H,6,9-10H2. The Bertz CT molecular complexity index is 522. The number of aromatic nitrogens is 1. The van der Waals surface area contributed by atoms with Gasteiger partial charge in [0.05, 0.1) is 12.1 Å². The van der Waals surface area contributed by atoms with Crippen LogP contribution in [0.1, 0.15) is 11.4 Å². The summed E-state index contributed by atoms with van der Waals surface area (Å²) >= 11 is 7.21. The quantitative estimate of drug-likeness (QED) is 0.602. The maximum Gasteiger partial charge on any atom is 0.105 e. The van der Waals surface area contributed by atoms with E-state index >= 15 is 0 Å². The van der Waals surface area contributed by atoms with Crippen LogP contribution in [0.3, 0.4) is 0 Å². The lowest BCUT2D eigenvalue weighted by Crippen LogP contribution is -1.81. The van der Waals surface area contributed by atoms with Gasteiger partial charge in [0.1, 0.15) is 5.01 Å². The minimum atomic E-state index is 0.597. The third-order valence-corrected chi connectivity index (χ3v) is 3.24. The lowest BCUT2D eigenvalue weighted by Gasteiger charge is -1.93. The van der Waals surface area contributed by atoms with Gasteiger partial charge in [0.2, 0.25) is 0 Å². The number of benzene rings is 1. The molecule has 1 aromatic heterocycles. The minimum Gasteiger partial charge on any atom is -0.240 e. The van der Waals surface area contributed by atoms with E-state index in [1.165, 1.54) is 0 Å². The molecule has 1 nitrogen and oxygen atoms in total. The highest BCUT2D eigenvalue weighted by Gasteiger charge is 2.02. The Morgan fingerprint density at radius 1 is 1.18 bits per heavy atom. The zero-order chi connectivity index (χ0) is 11.9. The molecule has 0 aliphatic carbocycles. The van der Waals surface area contributed by atoms with E-state index in [1.54, 1.807) is 11.3 Å². The van der Waals surface area contributed by atoms with Gasteiger partial charge in [-0.15, -0.1) is 28.9 Å². The normalized spacial score (nSPS) is 9.71.